The quantitative estimate of drug-likeness (QED) is 0.824. The smallest absolute Gasteiger partial charge is 0.0896 e. The maximum Gasteiger partial charge on any atom is 0.0896 e. The lowest BCUT2D eigenvalue weighted by atomic mass is 9.95. The standard InChI is InChI=1S/C17H21ClN2S/c1-12-19-11-16(21-12)9-13(10-20-15-6-7-15)8-14-4-2-3-5-17(14)18/h2-5,11,13,15,20H,6-10H2,1H3. The van der Waals surface area contributed by atoms with E-state index >= 15 is 0 Å². The van der Waals surface area contributed by atoms with Gasteiger partial charge in [-0.1, -0.05) is 29.8 Å². The van der Waals surface area contributed by atoms with Gasteiger partial charge in [-0.3, -0.25) is 0 Å². The summed E-state index contributed by atoms with van der Waals surface area (Å²) in [4.78, 5) is 5.75. The Bertz CT molecular complexity index is 592. The van der Waals surface area contributed by atoms with Gasteiger partial charge in [-0.25, -0.2) is 4.98 Å². The van der Waals surface area contributed by atoms with Gasteiger partial charge in [0.15, 0.2) is 0 Å². The number of rotatable bonds is 7. The first kappa shape index (κ1) is 15.0. The molecule has 0 aliphatic heterocycles. The number of aromatic nitrogens is 1. The van der Waals surface area contributed by atoms with Crippen molar-refractivity contribution in [3.63, 3.8) is 0 Å². The Hall–Kier alpha value is -0.900. The van der Waals surface area contributed by atoms with Crippen LogP contribution in [-0.4, -0.2) is 17.6 Å². The largest absolute Gasteiger partial charge is 0.314 e. The molecule has 1 aromatic heterocycles. The van der Waals surface area contributed by atoms with Gasteiger partial charge < -0.3 is 5.32 Å². The maximum atomic E-state index is 6.32. The minimum absolute atomic E-state index is 0.574. The highest BCUT2D eigenvalue weighted by Crippen LogP contribution is 2.24. The highest BCUT2D eigenvalue weighted by molar-refractivity contribution is 7.11. The molecule has 0 radical (unpaired) electrons. The molecule has 1 heterocycles. The Labute approximate surface area is 135 Å². The van der Waals surface area contributed by atoms with Crippen molar-refractivity contribution >= 4 is 22.9 Å². The van der Waals surface area contributed by atoms with Gasteiger partial charge in [0.2, 0.25) is 0 Å². The third-order valence-electron chi connectivity index (χ3n) is 3.90. The first-order valence-electron chi connectivity index (χ1n) is 7.59. The summed E-state index contributed by atoms with van der Waals surface area (Å²) < 4.78 is 0. The molecule has 21 heavy (non-hydrogen) atoms. The lowest BCUT2D eigenvalue weighted by Gasteiger charge is -2.17. The van der Waals surface area contributed by atoms with E-state index < -0.39 is 0 Å². The van der Waals surface area contributed by atoms with E-state index in [0.717, 1.165) is 35.5 Å². The molecule has 0 amide bonds. The van der Waals surface area contributed by atoms with Crippen molar-refractivity contribution in [2.24, 2.45) is 5.92 Å². The summed E-state index contributed by atoms with van der Waals surface area (Å²) in [5.74, 6) is 0.574. The predicted molar refractivity (Wildman–Crippen MR) is 90.2 cm³/mol. The first-order valence-corrected chi connectivity index (χ1v) is 8.78. The minimum atomic E-state index is 0.574. The zero-order valence-electron chi connectivity index (χ0n) is 12.3. The summed E-state index contributed by atoms with van der Waals surface area (Å²) in [6, 6.07) is 8.95. The molecule has 2 aromatic rings. The Morgan fingerprint density at radius 3 is 2.81 bits per heavy atom. The molecule has 1 aromatic carbocycles. The normalized spacial score (nSPS) is 16.1. The third-order valence-corrected chi connectivity index (χ3v) is 5.20. The van der Waals surface area contributed by atoms with Gasteiger partial charge in [0.25, 0.3) is 0 Å². The number of halogens is 1. The van der Waals surface area contributed by atoms with Crippen LogP contribution in [0.5, 0.6) is 0 Å². The fraction of sp³-hybridized carbons (Fsp3) is 0.471. The van der Waals surface area contributed by atoms with Crippen molar-refractivity contribution in [3.8, 4) is 0 Å². The molecule has 1 saturated carbocycles. The van der Waals surface area contributed by atoms with Crippen LogP contribution in [0.3, 0.4) is 0 Å². The molecule has 0 saturated heterocycles. The zero-order valence-corrected chi connectivity index (χ0v) is 13.9. The zero-order chi connectivity index (χ0) is 14.7. The lowest BCUT2D eigenvalue weighted by molar-refractivity contribution is 0.471. The maximum absolute atomic E-state index is 6.32. The van der Waals surface area contributed by atoms with E-state index in [1.54, 1.807) is 0 Å². The van der Waals surface area contributed by atoms with E-state index in [4.69, 9.17) is 11.6 Å². The fourth-order valence-corrected chi connectivity index (χ4v) is 3.72. The van der Waals surface area contributed by atoms with Crippen LogP contribution in [0, 0.1) is 12.8 Å². The van der Waals surface area contributed by atoms with Crippen LogP contribution in [0.15, 0.2) is 30.5 Å². The lowest BCUT2D eigenvalue weighted by Crippen LogP contribution is -2.27. The summed E-state index contributed by atoms with van der Waals surface area (Å²) in [5, 5.41) is 5.70. The topological polar surface area (TPSA) is 24.9 Å². The van der Waals surface area contributed by atoms with Crippen LogP contribution >= 0.6 is 22.9 Å². The molecule has 0 bridgehead atoms. The van der Waals surface area contributed by atoms with Gasteiger partial charge in [0.1, 0.15) is 0 Å². The number of aryl methyl sites for hydroxylation is 1. The van der Waals surface area contributed by atoms with Gasteiger partial charge in [0, 0.05) is 22.1 Å². The van der Waals surface area contributed by atoms with Gasteiger partial charge in [-0.2, -0.15) is 0 Å². The average Bonchev–Trinajstić information content (AvgIpc) is 3.21. The Kier molecular flexibility index (Phi) is 4.94. The van der Waals surface area contributed by atoms with Crippen LogP contribution in [0.25, 0.3) is 0 Å². The van der Waals surface area contributed by atoms with Crippen LogP contribution in [0.4, 0.5) is 0 Å². The summed E-state index contributed by atoms with van der Waals surface area (Å²) in [5.41, 5.74) is 1.25. The molecule has 1 N–H and O–H groups in total. The number of nitrogens with one attached hydrogen (secondary N) is 1. The molecule has 112 valence electrons. The van der Waals surface area contributed by atoms with Gasteiger partial charge in [-0.15, -0.1) is 11.3 Å². The van der Waals surface area contributed by atoms with Crippen LogP contribution < -0.4 is 5.32 Å². The molecule has 2 nitrogen and oxygen atoms in total. The second-order valence-electron chi connectivity index (χ2n) is 5.89. The number of nitrogens with zero attached hydrogens (tertiary/aromatic N) is 1. The molecule has 0 spiro atoms. The molecule has 1 aliphatic rings. The van der Waals surface area contributed by atoms with E-state index in [1.807, 2.05) is 29.7 Å². The van der Waals surface area contributed by atoms with Crippen molar-refractivity contribution < 1.29 is 0 Å². The van der Waals surface area contributed by atoms with E-state index in [0.29, 0.717) is 5.92 Å². The third kappa shape index (κ3) is 4.53. The second kappa shape index (κ2) is 6.91. The highest BCUT2D eigenvalue weighted by atomic mass is 35.5. The van der Waals surface area contributed by atoms with Crippen molar-refractivity contribution in [3.05, 3.63) is 50.9 Å². The Balaban J connectivity index is 1.67. The van der Waals surface area contributed by atoms with E-state index in [2.05, 4.69) is 29.4 Å². The molecular weight excluding hydrogens is 300 g/mol. The Morgan fingerprint density at radius 1 is 1.33 bits per heavy atom. The van der Waals surface area contributed by atoms with Crippen LogP contribution in [0.2, 0.25) is 5.02 Å². The SMILES string of the molecule is Cc1ncc(CC(CNC2CC2)Cc2ccccc2Cl)s1. The van der Waals surface area contributed by atoms with Gasteiger partial charge in [-0.05, 0) is 56.7 Å². The van der Waals surface area contributed by atoms with E-state index in [-0.39, 0.29) is 0 Å². The fourth-order valence-electron chi connectivity index (χ4n) is 2.60. The van der Waals surface area contributed by atoms with E-state index in [9.17, 15) is 0 Å². The molecule has 4 heteroatoms. The molecule has 1 fully saturated rings. The van der Waals surface area contributed by atoms with Crippen LogP contribution in [0.1, 0.15) is 28.3 Å². The number of benzene rings is 1. The average molecular weight is 321 g/mol. The van der Waals surface area contributed by atoms with Gasteiger partial charge in [0.05, 0.1) is 5.01 Å². The molecular formula is C17H21ClN2S. The van der Waals surface area contributed by atoms with Crippen LogP contribution in [-0.2, 0) is 12.8 Å². The van der Waals surface area contributed by atoms with Crippen molar-refractivity contribution in [2.75, 3.05) is 6.54 Å². The van der Waals surface area contributed by atoms with Crippen molar-refractivity contribution in [1.82, 2.24) is 10.3 Å². The van der Waals surface area contributed by atoms with Crippen molar-refractivity contribution in [2.45, 2.75) is 38.6 Å². The van der Waals surface area contributed by atoms with Gasteiger partial charge >= 0.3 is 0 Å². The number of hydrogen-bond acceptors (Lipinski definition) is 3. The van der Waals surface area contributed by atoms with Crippen molar-refractivity contribution in [1.29, 1.82) is 0 Å². The number of hydrogen-bond donors (Lipinski definition) is 1. The van der Waals surface area contributed by atoms with E-state index in [1.165, 1.54) is 23.3 Å². The summed E-state index contributed by atoms with van der Waals surface area (Å²) >= 11 is 8.13. The predicted octanol–water partition coefficient (Wildman–Crippen LogP) is 4.26. The number of thiazole rings is 1. The summed E-state index contributed by atoms with van der Waals surface area (Å²) in [6.45, 7) is 3.13. The molecule has 3 rings (SSSR count). The monoisotopic (exact) mass is 320 g/mol. The Morgan fingerprint density at radius 2 is 2.14 bits per heavy atom. The summed E-state index contributed by atoms with van der Waals surface area (Å²) in [7, 11) is 0. The second-order valence-corrected chi connectivity index (χ2v) is 7.62. The summed E-state index contributed by atoms with van der Waals surface area (Å²) in [6.07, 6.45) is 6.79. The molecule has 1 unspecified atom stereocenters. The first-order chi connectivity index (χ1) is 10.2. The highest BCUT2D eigenvalue weighted by Gasteiger charge is 2.22. The minimum Gasteiger partial charge on any atom is -0.314 e. The molecule has 1 aliphatic carbocycles. The molecule has 1 atom stereocenters.